The molecule has 1 aliphatic rings. The van der Waals surface area contributed by atoms with Crippen LogP contribution in [0.15, 0.2) is 82.6 Å². The number of hydrogen-bond acceptors (Lipinski definition) is 8. The lowest BCUT2D eigenvalue weighted by molar-refractivity contribution is -0.134. The van der Waals surface area contributed by atoms with E-state index in [-0.39, 0.29) is 53.4 Å². The number of benzene rings is 3. The molecular weight excluding hydrogens is 594 g/mol. The molecule has 3 aromatic rings. The van der Waals surface area contributed by atoms with E-state index >= 15 is 0 Å². The van der Waals surface area contributed by atoms with Crippen LogP contribution in [-0.4, -0.2) is 83.1 Å². The number of carbonyl (C=O) groups is 1. The molecule has 43 heavy (non-hydrogen) atoms. The van der Waals surface area contributed by atoms with E-state index in [9.17, 15) is 26.7 Å². The summed E-state index contributed by atoms with van der Waals surface area (Å²) in [5, 5.41) is 9.88. The first-order valence-corrected chi connectivity index (χ1v) is 16.7. The Hall–Kier alpha value is -3.65. The Morgan fingerprint density at radius 2 is 1.72 bits per heavy atom. The molecule has 0 fully saturated rings. The number of amides is 1. The van der Waals surface area contributed by atoms with Crippen molar-refractivity contribution in [1.29, 1.82) is 0 Å². The average molecular weight is 632 g/mol. The first kappa shape index (κ1) is 32.3. The molecule has 0 aromatic heterocycles. The van der Waals surface area contributed by atoms with Crippen LogP contribution in [0.5, 0.6) is 11.5 Å². The number of carbonyl (C=O) groups excluding carboxylic acids is 1. The molecule has 13 heteroatoms. The van der Waals surface area contributed by atoms with Crippen LogP contribution >= 0.6 is 0 Å². The number of aliphatic hydroxyl groups is 1. The fourth-order valence-electron chi connectivity index (χ4n) is 4.80. The van der Waals surface area contributed by atoms with E-state index in [4.69, 9.17) is 9.47 Å². The normalized spacial score (nSPS) is 18.6. The lowest BCUT2D eigenvalue weighted by atomic mass is 10.0. The van der Waals surface area contributed by atoms with Gasteiger partial charge in [-0.25, -0.2) is 16.8 Å². The minimum Gasteiger partial charge on any atom is -0.497 e. The van der Waals surface area contributed by atoms with Crippen LogP contribution in [0.25, 0.3) is 0 Å². The topological polar surface area (TPSA) is 143 Å². The number of hydrogen-bond donors (Lipinski definition) is 2. The number of anilines is 1. The monoisotopic (exact) mass is 631 g/mol. The molecule has 11 nitrogen and oxygen atoms in total. The lowest BCUT2D eigenvalue weighted by Crippen LogP contribution is -2.48. The summed E-state index contributed by atoms with van der Waals surface area (Å²) >= 11 is 0. The standard InChI is InChI=1S/C30H37N3O8S2/c1-21-18-33(22(2)20-34)30(35)17-23-16-24(31-42(36,37)26-8-6-5-7-9-26)10-15-28(23)41-29(21)19-32(3)43(38,39)27-13-11-25(40-4)12-14-27/h5-16,21-22,29,31,34H,17-20H2,1-4H3/t21-,22+,29-/m1/s1. The molecule has 3 atom stereocenters. The van der Waals surface area contributed by atoms with Crippen LogP contribution in [0.2, 0.25) is 0 Å². The van der Waals surface area contributed by atoms with Gasteiger partial charge in [0.15, 0.2) is 0 Å². The maximum atomic E-state index is 13.5. The average Bonchev–Trinajstić information content (AvgIpc) is 3.04. The molecule has 0 saturated heterocycles. The van der Waals surface area contributed by atoms with Crippen molar-refractivity contribution < 1.29 is 36.2 Å². The van der Waals surface area contributed by atoms with Crippen molar-refractivity contribution in [2.24, 2.45) is 5.92 Å². The number of methoxy groups -OCH3 is 1. The fourth-order valence-corrected chi connectivity index (χ4v) is 7.06. The van der Waals surface area contributed by atoms with Gasteiger partial charge in [0, 0.05) is 30.8 Å². The van der Waals surface area contributed by atoms with Gasteiger partial charge in [-0.15, -0.1) is 0 Å². The highest BCUT2D eigenvalue weighted by Crippen LogP contribution is 2.31. The molecule has 0 bridgehead atoms. The number of nitrogens with zero attached hydrogens (tertiary/aromatic N) is 2. The predicted molar refractivity (Wildman–Crippen MR) is 162 cm³/mol. The van der Waals surface area contributed by atoms with E-state index in [0.717, 1.165) is 0 Å². The second-order valence-electron chi connectivity index (χ2n) is 10.6. The highest BCUT2D eigenvalue weighted by Gasteiger charge is 2.33. The van der Waals surface area contributed by atoms with E-state index in [1.54, 1.807) is 54.3 Å². The minimum atomic E-state index is -3.89. The molecule has 3 aromatic carbocycles. The molecule has 1 heterocycles. The van der Waals surface area contributed by atoms with Crippen LogP contribution < -0.4 is 14.2 Å². The summed E-state index contributed by atoms with van der Waals surface area (Å²) in [5.41, 5.74) is 0.664. The summed E-state index contributed by atoms with van der Waals surface area (Å²) in [6.45, 7) is 3.50. The van der Waals surface area contributed by atoms with Gasteiger partial charge >= 0.3 is 0 Å². The zero-order chi connectivity index (χ0) is 31.4. The van der Waals surface area contributed by atoms with Crippen LogP contribution in [0, 0.1) is 5.92 Å². The molecule has 1 aliphatic heterocycles. The molecule has 2 N–H and O–H groups in total. The van der Waals surface area contributed by atoms with Crippen molar-refractivity contribution in [3.63, 3.8) is 0 Å². The third-order valence-electron chi connectivity index (χ3n) is 7.43. The van der Waals surface area contributed by atoms with Gasteiger partial charge in [-0.05, 0) is 61.5 Å². The largest absolute Gasteiger partial charge is 0.497 e. The first-order valence-electron chi connectivity index (χ1n) is 13.7. The van der Waals surface area contributed by atoms with Gasteiger partial charge in [-0.2, -0.15) is 4.31 Å². The third-order valence-corrected chi connectivity index (χ3v) is 10.7. The smallest absolute Gasteiger partial charge is 0.261 e. The minimum absolute atomic E-state index is 0.0348. The Labute approximate surface area is 253 Å². The summed E-state index contributed by atoms with van der Waals surface area (Å²) in [5.74, 6) is 0.246. The van der Waals surface area contributed by atoms with Crippen molar-refractivity contribution in [3.05, 3.63) is 78.4 Å². The number of sulfonamides is 2. The first-order chi connectivity index (χ1) is 20.3. The van der Waals surface area contributed by atoms with Gasteiger partial charge in [0.1, 0.15) is 17.6 Å². The van der Waals surface area contributed by atoms with E-state index in [1.165, 1.54) is 48.8 Å². The zero-order valence-electron chi connectivity index (χ0n) is 24.5. The number of likely N-dealkylation sites (N-methyl/N-ethyl adjacent to an activating group) is 1. The molecule has 4 rings (SSSR count). The third kappa shape index (κ3) is 7.47. The quantitative estimate of drug-likeness (QED) is 0.348. The molecule has 0 unspecified atom stereocenters. The predicted octanol–water partition coefficient (Wildman–Crippen LogP) is 2.97. The molecule has 0 aliphatic carbocycles. The summed E-state index contributed by atoms with van der Waals surface area (Å²) in [6.07, 6.45) is -0.803. The van der Waals surface area contributed by atoms with Crippen molar-refractivity contribution in [1.82, 2.24) is 9.21 Å². The molecule has 1 amide bonds. The van der Waals surface area contributed by atoms with Gasteiger partial charge in [-0.1, -0.05) is 25.1 Å². The number of rotatable bonds is 10. The Morgan fingerprint density at radius 3 is 2.35 bits per heavy atom. The van der Waals surface area contributed by atoms with Crippen LogP contribution in [-0.2, 0) is 31.3 Å². The van der Waals surface area contributed by atoms with Gasteiger partial charge < -0.3 is 19.5 Å². The molecule has 0 radical (unpaired) electrons. The van der Waals surface area contributed by atoms with Crippen LogP contribution in [0.3, 0.4) is 0 Å². The van der Waals surface area contributed by atoms with Crippen LogP contribution in [0.1, 0.15) is 19.4 Å². The van der Waals surface area contributed by atoms with E-state index < -0.39 is 32.2 Å². The summed E-state index contributed by atoms with van der Waals surface area (Å²) < 4.78 is 68.0. The van der Waals surface area contributed by atoms with E-state index in [0.29, 0.717) is 17.1 Å². The number of aliphatic hydroxyl groups excluding tert-OH is 1. The second-order valence-corrected chi connectivity index (χ2v) is 14.3. The molecule has 0 spiro atoms. The van der Waals surface area contributed by atoms with Crippen LogP contribution in [0.4, 0.5) is 5.69 Å². The van der Waals surface area contributed by atoms with Crippen molar-refractivity contribution in [2.75, 3.05) is 38.6 Å². The zero-order valence-corrected chi connectivity index (χ0v) is 26.1. The summed E-state index contributed by atoms with van der Waals surface area (Å²) in [4.78, 5) is 15.2. The maximum Gasteiger partial charge on any atom is 0.261 e. The molecule has 232 valence electrons. The molecular formula is C30H37N3O8S2. The maximum absolute atomic E-state index is 13.5. The van der Waals surface area contributed by atoms with Crippen molar-refractivity contribution >= 4 is 31.6 Å². The molecule has 0 saturated carbocycles. The second kappa shape index (κ2) is 13.3. The van der Waals surface area contributed by atoms with E-state index in [1.807, 2.05) is 6.92 Å². The number of fused-ring (bicyclic) bond motifs is 1. The highest BCUT2D eigenvalue weighted by atomic mass is 32.2. The number of ether oxygens (including phenoxy) is 2. The Kier molecular flexibility index (Phi) is 10.0. The van der Waals surface area contributed by atoms with Crippen molar-refractivity contribution in [2.45, 2.75) is 42.2 Å². The fraction of sp³-hybridized carbons (Fsp3) is 0.367. The lowest BCUT2D eigenvalue weighted by Gasteiger charge is -2.33. The summed E-state index contributed by atoms with van der Waals surface area (Å²) in [7, 11) is -4.82. The van der Waals surface area contributed by atoms with Gasteiger partial charge in [0.05, 0.1) is 42.5 Å². The van der Waals surface area contributed by atoms with Gasteiger partial charge in [0.2, 0.25) is 15.9 Å². The Balaban J connectivity index is 1.67. The Morgan fingerprint density at radius 1 is 1.05 bits per heavy atom. The van der Waals surface area contributed by atoms with Crippen molar-refractivity contribution in [3.8, 4) is 11.5 Å². The Bertz CT molecular complexity index is 1630. The van der Waals surface area contributed by atoms with Gasteiger partial charge in [0.25, 0.3) is 10.0 Å². The SMILES string of the molecule is COc1ccc(S(=O)(=O)N(C)C[C@H]2Oc3ccc(NS(=O)(=O)c4ccccc4)cc3CC(=O)N([C@@H](C)CO)C[C@H]2C)cc1. The number of nitrogens with one attached hydrogen (secondary N) is 1. The van der Waals surface area contributed by atoms with E-state index in [2.05, 4.69) is 4.72 Å². The summed E-state index contributed by atoms with van der Waals surface area (Å²) in [6, 6.07) is 18.1. The highest BCUT2D eigenvalue weighted by molar-refractivity contribution is 7.92. The van der Waals surface area contributed by atoms with Gasteiger partial charge in [-0.3, -0.25) is 9.52 Å².